The van der Waals surface area contributed by atoms with Crippen molar-refractivity contribution in [1.29, 1.82) is 5.26 Å². The molecule has 1 unspecified atom stereocenters. The molecule has 0 aromatic heterocycles. The second-order valence-corrected chi connectivity index (χ2v) is 4.43. The van der Waals surface area contributed by atoms with Gasteiger partial charge in [0.15, 0.2) is 0 Å². The normalized spacial score (nSPS) is 21.4. The van der Waals surface area contributed by atoms with Gasteiger partial charge in [0.05, 0.1) is 11.6 Å². The monoisotopic (exact) mass is 215 g/mol. The van der Waals surface area contributed by atoms with Gasteiger partial charge in [-0.2, -0.15) is 5.26 Å². The number of rotatable bonds is 2. The topological polar surface area (TPSA) is 39.1 Å². The highest BCUT2D eigenvalue weighted by Gasteiger charge is 2.16. The minimum absolute atomic E-state index is 0.534. The van der Waals surface area contributed by atoms with Crippen molar-refractivity contribution in [2.45, 2.75) is 18.9 Å². The van der Waals surface area contributed by atoms with Crippen molar-refractivity contribution >= 4 is 5.69 Å². The molecule has 1 N–H and O–H groups in total. The summed E-state index contributed by atoms with van der Waals surface area (Å²) in [6.07, 6.45) is 2.48. The van der Waals surface area contributed by atoms with Crippen molar-refractivity contribution in [1.82, 2.24) is 4.90 Å². The fourth-order valence-electron chi connectivity index (χ4n) is 2.16. The van der Waals surface area contributed by atoms with E-state index in [1.807, 2.05) is 24.3 Å². The molecule has 1 aromatic rings. The molecule has 3 nitrogen and oxygen atoms in total. The van der Waals surface area contributed by atoms with Crippen LogP contribution in [-0.4, -0.2) is 31.1 Å². The van der Waals surface area contributed by atoms with Crippen molar-refractivity contribution in [3.8, 4) is 6.07 Å². The lowest BCUT2D eigenvalue weighted by atomic mass is 10.1. The molecule has 0 radical (unpaired) electrons. The lowest BCUT2D eigenvalue weighted by Gasteiger charge is -2.30. The van der Waals surface area contributed by atoms with Crippen LogP contribution in [0.5, 0.6) is 0 Å². The maximum Gasteiger partial charge on any atom is 0.0991 e. The molecule has 0 saturated carbocycles. The number of likely N-dealkylation sites (N-methyl/N-ethyl adjacent to an activating group) is 1. The van der Waals surface area contributed by atoms with E-state index < -0.39 is 0 Å². The fraction of sp³-hybridized carbons (Fsp3) is 0.462. The highest BCUT2D eigenvalue weighted by molar-refractivity contribution is 5.47. The number of hydrogen-bond donors (Lipinski definition) is 1. The maximum atomic E-state index is 8.71. The van der Waals surface area contributed by atoms with Gasteiger partial charge in [-0.3, -0.25) is 0 Å². The molecular formula is C13H17N3. The first kappa shape index (κ1) is 11.0. The van der Waals surface area contributed by atoms with E-state index in [0.29, 0.717) is 11.6 Å². The van der Waals surface area contributed by atoms with Crippen LogP contribution in [-0.2, 0) is 0 Å². The standard InChI is InChI=1S/C13H17N3/c1-16-8-2-3-13(10-16)15-12-6-4-11(9-14)5-7-12/h4-7,13,15H,2-3,8,10H2,1H3. The lowest BCUT2D eigenvalue weighted by molar-refractivity contribution is 0.261. The van der Waals surface area contributed by atoms with Crippen molar-refractivity contribution in [2.24, 2.45) is 0 Å². The first-order chi connectivity index (χ1) is 7.78. The van der Waals surface area contributed by atoms with Gasteiger partial charge in [0.1, 0.15) is 0 Å². The third-order valence-corrected chi connectivity index (χ3v) is 3.01. The Bertz CT molecular complexity index is 377. The quantitative estimate of drug-likeness (QED) is 0.820. The number of piperidine rings is 1. The molecule has 2 rings (SSSR count). The molecule has 1 aromatic carbocycles. The average molecular weight is 215 g/mol. The third-order valence-electron chi connectivity index (χ3n) is 3.01. The number of nitriles is 1. The summed E-state index contributed by atoms with van der Waals surface area (Å²) in [7, 11) is 2.16. The van der Waals surface area contributed by atoms with Gasteiger partial charge in [0.2, 0.25) is 0 Å². The van der Waals surface area contributed by atoms with Crippen LogP contribution in [0.2, 0.25) is 0 Å². The summed E-state index contributed by atoms with van der Waals surface area (Å²) >= 11 is 0. The van der Waals surface area contributed by atoms with Gasteiger partial charge in [-0.05, 0) is 50.7 Å². The van der Waals surface area contributed by atoms with E-state index in [2.05, 4.69) is 23.3 Å². The van der Waals surface area contributed by atoms with Crippen molar-refractivity contribution in [3.05, 3.63) is 29.8 Å². The summed E-state index contributed by atoms with van der Waals surface area (Å²) in [6.45, 7) is 2.30. The van der Waals surface area contributed by atoms with Crippen LogP contribution in [0.25, 0.3) is 0 Å². The number of benzene rings is 1. The van der Waals surface area contributed by atoms with Crippen LogP contribution >= 0.6 is 0 Å². The molecule has 0 aliphatic carbocycles. The zero-order valence-corrected chi connectivity index (χ0v) is 9.61. The predicted octanol–water partition coefficient (Wildman–Crippen LogP) is 2.06. The highest BCUT2D eigenvalue weighted by Crippen LogP contribution is 2.15. The van der Waals surface area contributed by atoms with Gasteiger partial charge in [0.25, 0.3) is 0 Å². The van der Waals surface area contributed by atoms with Gasteiger partial charge in [-0.15, -0.1) is 0 Å². The maximum absolute atomic E-state index is 8.71. The molecule has 16 heavy (non-hydrogen) atoms. The molecule has 1 fully saturated rings. The first-order valence-electron chi connectivity index (χ1n) is 5.73. The summed E-state index contributed by atoms with van der Waals surface area (Å²) in [5, 5.41) is 12.2. The average Bonchev–Trinajstić information content (AvgIpc) is 2.30. The zero-order valence-electron chi connectivity index (χ0n) is 9.61. The van der Waals surface area contributed by atoms with E-state index in [4.69, 9.17) is 5.26 Å². The Labute approximate surface area is 96.7 Å². The molecule has 84 valence electrons. The van der Waals surface area contributed by atoms with Crippen LogP contribution in [0.4, 0.5) is 5.69 Å². The molecular weight excluding hydrogens is 198 g/mol. The predicted molar refractivity (Wildman–Crippen MR) is 65.3 cm³/mol. The number of nitrogens with one attached hydrogen (secondary N) is 1. The van der Waals surface area contributed by atoms with Gasteiger partial charge < -0.3 is 10.2 Å². The summed E-state index contributed by atoms with van der Waals surface area (Å²) in [5.41, 5.74) is 1.82. The van der Waals surface area contributed by atoms with E-state index in [1.54, 1.807) is 0 Å². The van der Waals surface area contributed by atoms with Gasteiger partial charge in [-0.25, -0.2) is 0 Å². The van der Waals surface area contributed by atoms with Crippen molar-refractivity contribution in [3.63, 3.8) is 0 Å². The molecule has 1 aliphatic rings. The highest BCUT2D eigenvalue weighted by atomic mass is 15.1. The Hall–Kier alpha value is -1.53. The first-order valence-corrected chi connectivity index (χ1v) is 5.73. The van der Waals surface area contributed by atoms with E-state index in [9.17, 15) is 0 Å². The molecule has 0 amide bonds. The summed E-state index contributed by atoms with van der Waals surface area (Å²) < 4.78 is 0. The smallest absolute Gasteiger partial charge is 0.0991 e. The second kappa shape index (κ2) is 5.00. The lowest BCUT2D eigenvalue weighted by Crippen LogP contribution is -2.39. The molecule has 0 spiro atoms. The number of likely N-dealkylation sites (tertiary alicyclic amines) is 1. The zero-order chi connectivity index (χ0) is 11.4. The van der Waals surface area contributed by atoms with Gasteiger partial charge in [-0.1, -0.05) is 0 Å². The van der Waals surface area contributed by atoms with Gasteiger partial charge >= 0.3 is 0 Å². The Kier molecular flexibility index (Phi) is 3.43. The minimum Gasteiger partial charge on any atom is -0.381 e. The molecule has 1 atom stereocenters. The van der Waals surface area contributed by atoms with E-state index in [0.717, 1.165) is 12.2 Å². The van der Waals surface area contributed by atoms with Crippen molar-refractivity contribution < 1.29 is 0 Å². The van der Waals surface area contributed by atoms with Crippen molar-refractivity contribution in [2.75, 3.05) is 25.5 Å². The second-order valence-electron chi connectivity index (χ2n) is 4.43. The van der Waals surface area contributed by atoms with E-state index in [1.165, 1.54) is 19.4 Å². The minimum atomic E-state index is 0.534. The molecule has 1 saturated heterocycles. The van der Waals surface area contributed by atoms with Crippen LogP contribution in [0, 0.1) is 11.3 Å². The number of hydrogen-bond acceptors (Lipinski definition) is 3. The number of anilines is 1. The van der Waals surface area contributed by atoms with E-state index >= 15 is 0 Å². The van der Waals surface area contributed by atoms with Gasteiger partial charge in [0, 0.05) is 18.3 Å². The molecule has 0 bridgehead atoms. The fourth-order valence-corrected chi connectivity index (χ4v) is 2.16. The van der Waals surface area contributed by atoms with Crippen LogP contribution in [0.1, 0.15) is 18.4 Å². The molecule has 1 aliphatic heterocycles. The SMILES string of the molecule is CN1CCCC(Nc2ccc(C#N)cc2)C1. The Morgan fingerprint density at radius 1 is 1.38 bits per heavy atom. The summed E-state index contributed by atoms with van der Waals surface area (Å²) in [5.74, 6) is 0. The Balaban J connectivity index is 1.95. The van der Waals surface area contributed by atoms with Crippen LogP contribution < -0.4 is 5.32 Å². The Morgan fingerprint density at radius 2 is 2.12 bits per heavy atom. The number of nitrogens with zero attached hydrogens (tertiary/aromatic N) is 2. The van der Waals surface area contributed by atoms with E-state index in [-0.39, 0.29) is 0 Å². The summed E-state index contributed by atoms with van der Waals surface area (Å²) in [4.78, 5) is 2.35. The van der Waals surface area contributed by atoms with Crippen LogP contribution in [0.15, 0.2) is 24.3 Å². The van der Waals surface area contributed by atoms with Crippen LogP contribution in [0.3, 0.4) is 0 Å². The molecule has 1 heterocycles. The Morgan fingerprint density at radius 3 is 2.75 bits per heavy atom. The largest absolute Gasteiger partial charge is 0.381 e. The summed E-state index contributed by atoms with van der Waals surface area (Å²) in [6, 6.07) is 10.3. The molecule has 3 heteroatoms. The third kappa shape index (κ3) is 2.74.